The van der Waals surface area contributed by atoms with Crippen LogP contribution >= 0.6 is 0 Å². The molecule has 0 spiro atoms. The number of hydrogen-bond acceptors (Lipinski definition) is 3. The van der Waals surface area contributed by atoms with E-state index in [0.29, 0.717) is 0 Å². The first kappa shape index (κ1) is 13.4. The van der Waals surface area contributed by atoms with E-state index in [2.05, 4.69) is 55.1 Å². The summed E-state index contributed by atoms with van der Waals surface area (Å²) in [4.78, 5) is 4.78. The Kier molecular flexibility index (Phi) is 3.93. The van der Waals surface area contributed by atoms with E-state index in [9.17, 15) is 0 Å². The van der Waals surface area contributed by atoms with Crippen molar-refractivity contribution in [1.29, 1.82) is 0 Å². The van der Waals surface area contributed by atoms with Gasteiger partial charge in [0.1, 0.15) is 0 Å². The fraction of sp³-hybridized carbons (Fsp3) is 0.600. The second-order valence-corrected chi connectivity index (χ2v) is 5.48. The fourth-order valence-corrected chi connectivity index (χ4v) is 2.89. The largest absolute Gasteiger partial charge is 0.369 e. The predicted molar refractivity (Wildman–Crippen MR) is 78.1 cm³/mol. The first-order valence-corrected chi connectivity index (χ1v) is 6.83. The second kappa shape index (κ2) is 5.29. The van der Waals surface area contributed by atoms with Gasteiger partial charge in [-0.05, 0) is 38.6 Å². The van der Waals surface area contributed by atoms with Gasteiger partial charge in [0.15, 0.2) is 0 Å². The molecule has 1 aromatic rings. The maximum Gasteiger partial charge on any atom is 0.0518 e. The van der Waals surface area contributed by atoms with E-state index in [-0.39, 0.29) is 5.54 Å². The summed E-state index contributed by atoms with van der Waals surface area (Å²) in [6, 6.07) is 8.72. The van der Waals surface area contributed by atoms with Gasteiger partial charge in [-0.1, -0.05) is 25.1 Å². The summed E-state index contributed by atoms with van der Waals surface area (Å²) >= 11 is 0. The molecule has 2 N–H and O–H groups in total. The van der Waals surface area contributed by atoms with E-state index in [1.54, 1.807) is 0 Å². The normalized spacial score (nSPS) is 23.9. The molecule has 3 nitrogen and oxygen atoms in total. The van der Waals surface area contributed by atoms with Gasteiger partial charge in [-0.3, -0.25) is 0 Å². The molecule has 0 aromatic heterocycles. The minimum absolute atomic E-state index is 0.140. The van der Waals surface area contributed by atoms with Crippen molar-refractivity contribution >= 4 is 5.69 Å². The average Bonchev–Trinajstić information content (AvgIpc) is 2.84. The number of hydrogen-bond donors (Lipinski definition) is 1. The van der Waals surface area contributed by atoms with Crippen LogP contribution in [-0.2, 0) is 6.42 Å². The number of aryl methyl sites for hydroxylation is 1. The van der Waals surface area contributed by atoms with E-state index in [1.807, 2.05) is 0 Å². The maximum atomic E-state index is 6.01. The van der Waals surface area contributed by atoms with Crippen LogP contribution in [0.3, 0.4) is 0 Å². The van der Waals surface area contributed by atoms with Gasteiger partial charge in [0.25, 0.3) is 0 Å². The lowest BCUT2D eigenvalue weighted by atomic mass is 9.97. The van der Waals surface area contributed by atoms with Crippen molar-refractivity contribution in [3.63, 3.8) is 0 Å². The van der Waals surface area contributed by atoms with E-state index < -0.39 is 0 Å². The third-order valence-electron chi connectivity index (χ3n) is 4.37. The first-order valence-electron chi connectivity index (χ1n) is 6.83. The van der Waals surface area contributed by atoms with Crippen molar-refractivity contribution in [2.24, 2.45) is 5.73 Å². The van der Waals surface area contributed by atoms with Crippen LogP contribution in [0.15, 0.2) is 24.3 Å². The minimum Gasteiger partial charge on any atom is -0.369 e. The zero-order valence-electron chi connectivity index (χ0n) is 11.8. The minimum atomic E-state index is 0.140. The number of nitrogens with two attached hydrogens (primary N) is 1. The molecule has 1 saturated heterocycles. The molecule has 1 fully saturated rings. The molecular formula is C15H25N3. The summed E-state index contributed by atoms with van der Waals surface area (Å²) < 4.78 is 0. The molecule has 0 saturated carbocycles. The highest BCUT2D eigenvalue weighted by molar-refractivity contribution is 5.55. The Hall–Kier alpha value is -1.06. The summed E-state index contributed by atoms with van der Waals surface area (Å²) in [6.45, 7) is 5.09. The Morgan fingerprint density at radius 1 is 1.33 bits per heavy atom. The first-order chi connectivity index (χ1) is 8.63. The molecule has 1 unspecified atom stereocenters. The molecule has 100 valence electrons. The zero-order valence-corrected chi connectivity index (χ0v) is 11.8. The Morgan fingerprint density at radius 2 is 2.06 bits per heavy atom. The van der Waals surface area contributed by atoms with E-state index in [0.717, 1.165) is 32.5 Å². The number of rotatable bonds is 4. The van der Waals surface area contributed by atoms with E-state index in [4.69, 9.17) is 5.73 Å². The van der Waals surface area contributed by atoms with E-state index >= 15 is 0 Å². The van der Waals surface area contributed by atoms with Crippen LogP contribution in [0.1, 0.15) is 18.9 Å². The molecule has 1 atom stereocenters. The number of nitrogens with zero attached hydrogens (tertiary/aromatic N) is 2. The molecule has 0 amide bonds. The summed E-state index contributed by atoms with van der Waals surface area (Å²) in [5.41, 5.74) is 8.97. The van der Waals surface area contributed by atoms with Crippen molar-refractivity contribution in [2.45, 2.75) is 25.3 Å². The van der Waals surface area contributed by atoms with Crippen LogP contribution < -0.4 is 10.6 Å². The van der Waals surface area contributed by atoms with Crippen LogP contribution in [0, 0.1) is 0 Å². The van der Waals surface area contributed by atoms with Gasteiger partial charge in [0.2, 0.25) is 0 Å². The Balaban J connectivity index is 2.22. The third kappa shape index (κ3) is 2.25. The van der Waals surface area contributed by atoms with E-state index in [1.165, 1.54) is 11.3 Å². The van der Waals surface area contributed by atoms with Gasteiger partial charge in [-0.25, -0.2) is 0 Å². The lowest BCUT2D eigenvalue weighted by molar-refractivity contribution is 0.184. The molecule has 1 heterocycles. The Labute approximate surface area is 111 Å². The fourth-order valence-electron chi connectivity index (χ4n) is 2.89. The molecule has 2 rings (SSSR count). The number of para-hydroxylation sites is 1. The summed E-state index contributed by atoms with van der Waals surface area (Å²) in [5.74, 6) is 0. The molecule has 3 heteroatoms. The van der Waals surface area contributed by atoms with Crippen molar-refractivity contribution in [3.05, 3.63) is 29.8 Å². The van der Waals surface area contributed by atoms with Gasteiger partial charge < -0.3 is 15.5 Å². The maximum absolute atomic E-state index is 6.01. The highest BCUT2D eigenvalue weighted by Crippen LogP contribution is 2.31. The van der Waals surface area contributed by atoms with Crippen LogP contribution in [0.25, 0.3) is 0 Å². The Bertz CT molecular complexity index is 402. The standard InChI is InChI=1S/C15H25N3/c1-4-13-7-5-6-8-14(13)18-10-9-15(11-16,12-18)17(2)3/h5-8H,4,9-12,16H2,1-3H3. The van der Waals surface area contributed by atoms with Gasteiger partial charge in [-0.15, -0.1) is 0 Å². The number of likely N-dealkylation sites (N-methyl/N-ethyl adjacent to an activating group) is 1. The topological polar surface area (TPSA) is 32.5 Å². The lowest BCUT2D eigenvalue weighted by Crippen LogP contribution is -2.52. The number of anilines is 1. The molecular weight excluding hydrogens is 222 g/mol. The molecule has 0 bridgehead atoms. The van der Waals surface area contributed by atoms with Gasteiger partial charge >= 0.3 is 0 Å². The average molecular weight is 247 g/mol. The predicted octanol–water partition coefficient (Wildman–Crippen LogP) is 1.72. The summed E-state index contributed by atoms with van der Waals surface area (Å²) in [6.07, 6.45) is 2.23. The van der Waals surface area contributed by atoms with Gasteiger partial charge in [0, 0.05) is 25.3 Å². The smallest absolute Gasteiger partial charge is 0.0518 e. The Morgan fingerprint density at radius 3 is 2.61 bits per heavy atom. The molecule has 0 radical (unpaired) electrons. The van der Waals surface area contributed by atoms with Crippen LogP contribution in [0.2, 0.25) is 0 Å². The SMILES string of the molecule is CCc1ccccc1N1CCC(CN)(N(C)C)C1. The monoisotopic (exact) mass is 247 g/mol. The molecule has 1 aliphatic rings. The molecule has 0 aliphatic carbocycles. The van der Waals surface area contributed by atoms with Gasteiger partial charge in [0.05, 0.1) is 5.54 Å². The molecule has 18 heavy (non-hydrogen) atoms. The third-order valence-corrected chi connectivity index (χ3v) is 4.37. The molecule has 1 aliphatic heterocycles. The highest BCUT2D eigenvalue weighted by atomic mass is 15.3. The van der Waals surface area contributed by atoms with Crippen molar-refractivity contribution in [1.82, 2.24) is 4.90 Å². The summed E-state index contributed by atoms with van der Waals surface area (Å²) in [5, 5.41) is 0. The van der Waals surface area contributed by atoms with Gasteiger partial charge in [-0.2, -0.15) is 0 Å². The second-order valence-electron chi connectivity index (χ2n) is 5.48. The number of benzene rings is 1. The highest BCUT2D eigenvalue weighted by Gasteiger charge is 2.39. The summed E-state index contributed by atoms with van der Waals surface area (Å²) in [7, 11) is 4.28. The molecule has 1 aromatic carbocycles. The van der Waals surface area contributed by atoms with Crippen molar-refractivity contribution in [3.8, 4) is 0 Å². The zero-order chi connectivity index (χ0) is 13.2. The van der Waals surface area contributed by atoms with Crippen LogP contribution in [0.4, 0.5) is 5.69 Å². The quantitative estimate of drug-likeness (QED) is 0.879. The van der Waals surface area contributed by atoms with Crippen molar-refractivity contribution in [2.75, 3.05) is 38.6 Å². The van der Waals surface area contributed by atoms with Crippen molar-refractivity contribution < 1.29 is 0 Å². The van der Waals surface area contributed by atoms with Crippen LogP contribution in [-0.4, -0.2) is 44.2 Å². The lowest BCUT2D eigenvalue weighted by Gasteiger charge is -2.35. The van der Waals surface area contributed by atoms with Crippen LogP contribution in [0.5, 0.6) is 0 Å².